The lowest BCUT2D eigenvalue weighted by Crippen LogP contribution is -2.39. The van der Waals surface area contributed by atoms with E-state index < -0.39 is 0 Å². The highest BCUT2D eigenvalue weighted by atomic mass is 16.5. The summed E-state index contributed by atoms with van der Waals surface area (Å²) in [5.74, 6) is 0.931. The third-order valence-corrected chi connectivity index (χ3v) is 3.63. The molecule has 1 aromatic rings. The third kappa shape index (κ3) is 5.06. The Morgan fingerprint density at radius 3 is 2.86 bits per heavy atom. The summed E-state index contributed by atoms with van der Waals surface area (Å²) in [6.07, 6.45) is 3.40. The van der Waals surface area contributed by atoms with E-state index in [9.17, 15) is 4.79 Å². The van der Waals surface area contributed by atoms with E-state index in [-0.39, 0.29) is 24.7 Å². The van der Waals surface area contributed by atoms with Crippen LogP contribution in [0.1, 0.15) is 44.8 Å². The number of aromatic nitrogens is 2. The second kappa shape index (κ2) is 8.24. The van der Waals surface area contributed by atoms with Crippen LogP contribution in [0, 0.1) is 6.92 Å². The smallest absolute Gasteiger partial charge is 0.249 e. The molecule has 7 nitrogen and oxygen atoms in total. The zero-order valence-electron chi connectivity index (χ0n) is 13.6. The molecule has 2 rings (SSSR count). The van der Waals surface area contributed by atoms with Crippen LogP contribution in [0.15, 0.2) is 4.52 Å². The lowest BCUT2D eigenvalue weighted by Gasteiger charge is -2.26. The maximum Gasteiger partial charge on any atom is 0.249 e. The van der Waals surface area contributed by atoms with Gasteiger partial charge in [-0.2, -0.15) is 4.98 Å². The van der Waals surface area contributed by atoms with Gasteiger partial charge in [0.1, 0.15) is 6.61 Å². The van der Waals surface area contributed by atoms with E-state index in [1.807, 2.05) is 13.8 Å². The van der Waals surface area contributed by atoms with E-state index in [0.29, 0.717) is 24.9 Å². The number of carbonyl (C=O) groups is 1. The average Bonchev–Trinajstić information content (AvgIpc) is 2.91. The van der Waals surface area contributed by atoms with Gasteiger partial charge in [0.15, 0.2) is 5.82 Å². The van der Waals surface area contributed by atoms with E-state index >= 15 is 0 Å². The van der Waals surface area contributed by atoms with Crippen molar-refractivity contribution in [3.63, 3.8) is 0 Å². The molecule has 1 aliphatic rings. The lowest BCUT2D eigenvalue weighted by molar-refractivity contribution is -0.140. The van der Waals surface area contributed by atoms with Crippen LogP contribution in [0.3, 0.4) is 0 Å². The van der Waals surface area contributed by atoms with Crippen LogP contribution in [0.25, 0.3) is 0 Å². The normalized spacial score (nSPS) is 18.6. The fourth-order valence-electron chi connectivity index (χ4n) is 2.42. The lowest BCUT2D eigenvalue weighted by atomic mass is 10.1. The zero-order chi connectivity index (χ0) is 15.9. The molecule has 22 heavy (non-hydrogen) atoms. The van der Waals surface area contributed by atoms with E-state index in [0.717, 1.165) is 25.9 Å². The van der Waals surface area contributed by atoms with Crippen molar-refractivity contribution >= 4 is 5.91 Å². The van der Waals surface area contributed by atoms with Crippen molar-refractivity contribution in [2.75, 3.05) is 19.8 Å². The molecule has 0 saturated carbocycles. The minimum atomic E-state index is -0.0757. The number of hydrogen-bond donors (Lipinski definition) is 0. The summed E-state index contributed by atoms with van der Waals surface area (Å²) >= 11 is 0. The van der Waals surface area contributed by atoms with Crippen LogP contribution in [0.2, 0.25) is 0 Å². The van der Waals surface area contributed by atoms with Crippen molar-refractivity contribution in [1.82, 2.24) is 15.0 Å². The van der Waals surface area contributed by atoms with Crippen LogP contribution in [0.5, 0.6) is 0 Å². The first-order valence-electron chi connectivity index (χ1n) is 7.84. The molecule has 0 radical (unpaired) electrons. The van der Waals surface area contributed by atoms with Crippen molar-refractivity contribution in [2.45, 2.75) is 58.7 Å². The summed E-state index contributed by atoms with van der Waals surface area (Å²) in [6.45, 7) is 7.28. The molecule has 0 N–H and O–H groups in total. The molecule has 0 aromatic carbocycles. The number of carbonyl (C=O) groups excluding carboxylic acids is 1. The Labute approximate surface area is 131 Å². The van der Waals surface area contributed by atoms with Crippen molar-refractivity contribution < 1.29 is 18.8 Å². The second-order valence-electron chi connectivity index (χ2n) is 5.85. The van der Waals surface area contributed by atoms with Gasteiger partial charge in [-0.1, -0.05) is 5.16 Å². The topological polar surface area (TPSA) is 77.7 Å². The molecule has 0 bridgehead atoms. The zero-order valence-corrected chi connectivity index (χ0v) is 13.6. The van der Waals surface area contributed by atoms with Gasteiger partial charge in [0.05, 0.1) is 19.3 Å². The number of hydrogen-bond acceptors (Lipinski definition) is 6. The fourth-order valence-corrected chi connectivity index (χ4v) is 2.42. The van der Waals surface area contributed by atoms with Gasteiger partial charge in [0.25, 0.3) is 0 Å². The Bertz CT molecular complexity index is 469. The molecule has 124 valence electrons. The molecule has 1 saturated heterocycles. The molecular formula is C15H25N3O4. The van der Waals surface area contributed by atoms with Gasteiger partial charge in [-0.3, -0.25) is 4.79 Å². The number of rotatable bonds is 7. The molecule has 1 aromatic heterocycles. The monoisotopic (exact) mass is 311 g/mol. The molecule has 7 heteroatoms. The molecule has 0 aliphatic carbocycles. The SMILES string of the molecule is Cc1nc(CN(C(=O)COCC2CCCCO2)C(C)C)no1. The van der Waals surface area contributed by atoms with Gasteiger partial charge in [-0.15, -0.1) is 0 Å². The first kappa shape index (κ1) is 16.9. The maximum absolute atomic E-state index is 12.3. The quantitative estimate of drug-likeness (QED) is 0.763. The van der Waals surface area contributed by atoms with E-state index in [1.54, 1.807) is 11.8 Å². The Morgan fingerprint density at radius 1 is 1.45 bits per heavy atom. The van der Waals surface area contributed by atoms with Gasteiger partial charge in [0, 0.05) is 19.6 Å². The highest BCUT2D eigenvalue weighted by Gasteiger charge is 2.21. The second-order valence-corrected chi connectivity index (χ2v) is 5.85. The fraction of sp³-hybridized carbons (Fsp3) is 0.800. The summed E-state index contributed by atoms with van der Waals surface area (Å²) < 4.78 is 16.1. The highest BCUT2D eigenvalue weighted by molar-refractivity contribution is 5.77. The summed E-state index contributed by atoms with van der Waals surface area (Å²) in [6, 6.07) is 0.0424. The minimum absolute atomic E-state index is 0.0424. The molecule has 1 unspecified atom stereocenters. The Balaban J connectivity index is 1.78. The minimum Gasteiger partial charge on any atom is -0.376 e. The van der Waals surface area contributed by atoms with Crippen molar-refractivity contribution in [3.05, 3.63) is 11.7 Å². The summed E-state index contributed by atoms with van der Waals surface area (Å²) in [5, 5.41) is 3.83. The molecule has 1 aliphatic heterocycles. The molecule has 2 heterocycles. The molecule has 1 amide bonds. The van der Waals surface area contributed by atoms with Gasteiger partial charge >= 0.3 is 0 Å². The molecule has 1 fully saturated rings. The standard InChI is InChI=1S/C15H25N3O4/c1-11(2)18(8-14-16-12(3)22-17-14)15(19)10-20-9-13-6-4-5-7-21-13/h11,13H,4-10H2,1-3H3. The Hall–Kier alpha value is -1.47. The number of nitrogens with zero attached hydrogens (tertiary/aromatic N) is 3. The Kier molecular flexibility index (Phi) is 6.33. The number of amides is 1. The average molecular weight is 311 g/mol. The van der Waals surface area contributed by atoms with Gasteiger partial charge in [0.2, 0.25) is 11.8 Å². The van der Waals surface area contributed by atoms with Gasteiger partial charge in [-0.25, -0.2) is 0 Å². The van der Waals surface area contributed by atoms with Crippen LogP contribution >= 0.6 is 0 Å². The predicted octanol–water partition coefficient (Wildman–Crippen LogP) is 1.70. The molecule has 1 atom stereocenters. The highest BCUT2D eigenvalue weighted by Crippen LogP contribution is 2.13. The Morgan fingerprint density at radius 2 is 2.27 bits per heavy atom. The van der Waals surface area contributed by atoms with Crippen LogP contribution < -0.4 is 0 Å². The van der Waals surface area contributed by atoms with E-state index in [1.165, 1.54) is 0 Å². The summed E-state index contributed by atoms with van der Waals surface area (Å²) in [5.41, 5.74) is 0. The largest absolute Gasteiger partial charge is 0.376 e. The molecule has 0 spiro atoms. The van der Waals surface area contributed by atoms with Gasteiger partial charge in [-0.05, 0) is 33.1 Å². The predicted molar refractivity (Wildman–Crippen MR) is 79.1 cm³/mol. The van der Waals surface area contributed by atoms with Crippen molar-refractivity contribution in [3.8, 4) is 0 Å². The molecular weight excluding hydrogens is 286 g/mol. The van der Waals surface area contributed by atoms with Crippen molar-refractivity contribution in [1.29, 1.82) is 0 Å². The van der Waals surface area contributed by atoms with Crippen LogP contribution in [0.4, 0.5) is 0 Å². The maximum atomic E-state index is 12.3. The van der Waals surface area contributed by atoms with E-state index in [4.69, 9.17) is 14.0 Å². The van der Waals surface area contributed by atoms with Crippen molar-refractivity contribution in [2.24, 2.45) is 0 Å². The third-order valence-electron chi connectivity index (χ3n) is 3.63. The summed E-state index contributed by atoms with van der Waals surface area (Å²) in [4.78, 5) is 18.1. The first-order valence-corrected chi connectivity index (χ1v) is 7.84. The van der Waals surface area contributed by atoms with Gasteiger partial charge < -0.3 is 18.9 Å². The van der Waals surface area contributed by atoms with E-state index in [2.05, 4.69) is 10.1 Å². The van der Waals surface area contributed by atoms with Crippen LogP contribution in [-0.2, 0) is 20.8 Å². The summed E-state index contributed by atoms with van der Waals surface area (Å²) in [7, 11) is 0. The number of aryl methyl sites for hydroxylation is 1. The first-order chi connectivity index (χ1) is 10.6. The number of ether oxygens (including phenoxy) is 2. The van der Waals surface area contributed by atoms with Crippen LogP contribution in [-0.4, -0.2) is 52.9 Å².